The fourth-order valence-corrected chi connectivity index (χ4v) is 2.88. The van der Waals surface area contributed by atoms with E-state index in [2.05, 4.69) is 20.3 Å². The molecule has 0 spiro atoms. The number of carbonyl (C=O) groups is 1. The molecule has 0 radical (unpaired) electrons. The van der Waals surface area contributed by atoms with Crippen LogP contribution in [0.5, 0.6) is 0 Å². The van der Waals surface area contributed by atoms with E-state index >= 15 is 0 Å². The van der Waals surface area contributed by atoms with Crippen LogP contribution in [0.25, 0.3) is 0 Å². The second-order valence-corrected chi connectivity index (χ2v) is 5.90. The lowest BCUT2D eigenvalue weighted by Gasteiger charge is -2.31. The zero-order valence-corrected chi connectivity index (χ0v) is 13.5. The molecule has 0 aromatic carbocycles. The number of nitrogens with zero attached hydrogens (tertiary/aromatic N) is 4. The van der Waals surface area contributed by atoms with Crippen molar-refractivity contribution in [1.82, 2.24) is 19.9 Å². The van der Waals surface area contributed by atoms with Crippen molar-refractivity contribution >= 4 is 17.5 Å². The van der Waals surface area contributed by atoms with E-state index in [-0.39, 0.29) is 11.8 Å². The minimum absolute atomic E-state index is 0.120. The maximum atomic E-state index is 11.6. The smallest absolute Gasteiger partial charge is 0.219 e. The highest BCUT2D eigenvalue weighted by atomic mass is 16.2. The Hall–Kier alpha value is -2.50. The van der Waals surface area contributed by atoms with Crippen LogP contribution in [0, 0.1) is 6.92 Å². The Bertz CT molecular complexity index is 689. The first-order valence-corrected chi connectivity index (χ1v) is 7.91. The number of pyridine rings is 1. The van der Waals surface area contributed by atoms with Crippen LogP contribution in [0.15, 0.2) is 30.5 Å². The van der Waals surface area contributed by atoms with Gasteiger partial charge in [-0.2, -0.15) is 0 Å². The fraction of sp³-hybridized carbons (Fsp3) is 0.412. The summed E-state index contributed by atoms with van der Waals surface area (Å²) < 4.78 is 0. The number of likely N-dealkylation sites (tertiary alicyclic amines) is 1. The van der Waals surface area contributed by atoms with Gasteiger partial charge in [0.05, 0.1) is 0 Å². The van der Waals surface area contributed by atoms with E-state index in [0.717, 1.165) is 42.5 Å². The normalized spacial score (nSPS) is 17.8. The topological polar surface area (TPSA) is 71.0 Å². The number of hydrogen-bond acceptors (Lipinski definition) is 5. The molecule has 3 heterocycles. The second-order valence-electron chi connectivity index (χ2n) is 5.90. The Morgan fingerprint density at radius 1 is 1.30 bits per heavy atom. The van der Waals surface area contributed by atoms with Crippen LogP contribution in [0.1, 0.15) is 37.2 Å². The van der Waals surface area contributed by atoms with Gasteiger partial charge in [-0.15, -0.1) is 0 Å². The third-order valence-corrected chi connectivity index (χ3v) is 4.02. The highest BCUT2D eigenvalue weighted by Gasteiger charge is 2.25. The zero-order chi connectivity index (χ0) is 16.2. The predicted octanol–water partition coefficient (Wildman–Crippen LogP) is 2.65. The minimum atomic E-state index is 0.120. The van der Waals surface area contributed by atoms with Gasteiger partial charge in [-0.05, 0) is 31.9 Å². The van der Waals surface area contributed by atoms with E-state index in [1.165, 1.54) is 0 Å². The van der Waals surface area contributed by atoms with Crippen molar-refractivity contribution in [3.63, 3.8) is 0 Å². The molecule has 1 aliphatic rings. The molecule has 1 fully saturated rings. The van der Waals surface area contributed by atoms with Gasteiger partial charge >= 0.3 is 0 Å². The zero-order valence-electron chi connectivity index (χ0n) is 13.5. The van der Waals surface area contributed by atoms with Crippen LogP contribution >= 0.6 is 0 Å². The first-order chi connectivity index (χ1) is 11.1. The molecule has 23 heavy (non-hydrogen) atoms. The van der Waals surface area contributed by atoms with Gasteiger partial charge in [-0.3, -0.25) is 4.79 Å². The monoisotopic (exact) mass is 311 g/mol. The number of aromatic nitrogens is 3. The quantitative estimate of drug-likeness (QED) is 0.943. The van der Waals surface area contributed by atoms with Crippen molar-refractivity contribution in [1.29, 1.82) is 0 Å². The number of nitrogens with one attached hydrogen (secondary N) is 1. The van der Waals surface area contributed by atoms with Crippen molar-refractivity contribution in [2.24, 2.45) is 0 Å². The maximum absolute atomic E-state index is 11.6. The lowest BCUT2D eigenvalue weighted by atomic mass is 9.97. The molecule has 6 nitrogen and oxygen atoms in total. The molecule has 3 rings (SSSR count). The molecule has 0 bridgehead atoms. The van der Waals surface area contributed by atoms with E-state index < -0.39 is 0 Å². The lowest BCUT2D eigenvalue weighted by Crippen LogP contribution is -2.38. The molecule has 1 amide bonds. The van der Waals surface area contributed by atoms with Crippen LogP contribution in [-0.4, -0.2) is 38.8 Å². The van der Waals surface area contributed by atoms with Crippen molar-refractivity contribution in [3.05, 3.63) is 42.0 Å². The van der Waals surface area contributed by atoms with Crippen LogP contribution < -0.4 is 5.32 Å². The van der Waals surface area contributed by atoms with Crippen LogP contribution in [0.2, 0.25) is 0 Å². The summed E-state index contributed by atoms with van der Waals surface area (Å²) in [5.41, 5.74) is 0.911. The summed E-state index contributed by atoms with van der Waals surface area (Å²) in [6.07, 6.45) is 3.74. The molecule has 1 aliphatic heterocycles. The molecule has 1 N–H and O–H groups in total. The summed E-state index contributed by atoms with van der Waals surface area (Å²) >= 11 is 0. The van der Waals surface area contributed by atoms with Crippen molar-refractivity contribution in [2.45, 2.75) is 32.6 Å². The predicted molar refractivity (Wildman–Crippen MR) is 88.5 cm³/mol. The SMILES string of the molecule is CC(=O)N1CCC[C@H](c2nc(C)cc(Nc3ccccn3)n2)C1. The largest absolute Gasteiger partial charge is 0.342 e. The molecule has 0 saturated carbocycles. The third kappa shape index (κ3) is 3.83. The van der Waals surface area contributed by atoms with Gasteiger partial charge in [-0.1, -0.05) is 6.07 Å². The Morgan fingerprint density at radius 3 is 2.91 bits per heavy atom. The van der Waals surface area contributed by atoms with Crippen molar-refractivity contribution in [3.8, 4) is 0 Å². The molecule has 1 atom stereocenters. The number of anilines is 2. The molecule has 1 saturated heterocycles. The molecule has 120 valence electrons. The van der Waals surface area contributed by atoms with E-state index in [9.17, 15) is 4.79 Å². The fourth-order valence-electron chi connectivity index (χ4n) is 2.88. The van der Waals surface area contributed by atoms with Gasteiger partial charge < -0.3 is 10.2 Å². The summed E-state index contributed by atoms with van der Waals surface area (Å²) in [5.74, 6) is 2.61. The van der Waals surface area contributed by atoms with Gasteiger partial charge in [0.1, 0.15) is 17.5 Å². The van der Waals surface area contributed by atoms with Gasteiger partial charge in [-0.25, -0.2) is 15.0 Å². The first kappa shape index (κ1) is 15.4. The number of carbonyl (C=O) groups excluding carboxylic acids is 1. The average Bonchev–Trinajstić information content (AvgIpc) is 2.55. The number of rotatable bonds is 3. The molecular formula is C17H21N5O. The minimum Gasteiger partial charge on any atom is -0.342 e. The molecule has 0 unspecified atom stereocenters. The number of aryl methyl sites for hydroxylation is 1. The Morgan fingerprint density at radius 2 is 2.17 bits per heavy atom. The van der Waals surface area contributed by atoms with Crippen molar-refractivity contribution in [2.75, 3.05) is 18.4 Å². The second kappa shape index (κ2) is 6.73. The van der Waals surface area contributed by atoms with Gasteiger partial charge in [0, 0.05) is 43.9 Å². The third-order valence-electron chi connectivity index (χ3n) is 4.02. The summed E-state index contributed by atoms with van der Waals surface area (Å²) in [5, 5.41) is 3.22. The highest BCUT2D eigenvalue weighted by Crippen LogP contribution is 2.26. The standard InChI is InChI=1S/C17H21N5O/c1-12-10-16(20-15-7-3-4-8-18-15)21-17(19-12)14-6-5-9-22(11-14)13(2)23/h3-4,7-8,10,14H,5-6,9,11H2,1-2H3,(H,18,19,20,21)/t14-/m0/s1. The molecule has 6 heteroatoms. The lowest BCUT2D eigenvalue weighted by molar-refractivity contribution is -0.130. The van der Waals surface area contributed by atoms with Crippen LogP contribution in [0.4, 0.5) is 11.6 Å². The summed E-state index contributed by atoms with van der Waals surface area (Å²) in [4.78, 5) is 27.0. The molecule has 2 aromatic rings. The van der Waals surface area contributed by atoms with Gasteiger partial charge in [0.2, 0.25) is 5.91 Å². The number of amides is 1. The Balaban J connectivity index is 1.81. The molecule has 0 aliphatic carbocycles. The van der Waals surface area contributed by atoms with E-state index in [4.69, 9.17) is 0 Å². The highest BCUT2D eigenvalue weighted by molar-refractivity contribution is 5.73. The van der Waals surface area contributed by atoms with Crippen LogP contribution in [-0.2, 0) is 4.79 Å². The number of hydrogen-bond donors (Lipinski definition) is 1. The van der Waals surface area contributed by atoms with Crippen LogP contribution in [0.3, 0.4) is 0 Å². The molecule has 2 aromatic heterocycles. The van der Waals surface area contributed by atoms with E-state index in [1.54, 1.807) is 13.1 Å². The summed E-state index contributed by atoms with van der Waals surface area (Å²) in [7, 11) is 0. The Labute approximate surface area is 136 Å². The molecular weight excluding hydrogens is 290 g/mol. The van der Waals surface area contributed by atoms with Gasteiger partial charge in [0.25, 0.3) is 0 Å². The summed E-state index contributed by atoms with van der Waals surface area (Å²) in [6.45, 7) is 5.10. The van der Waals surface area contributed by atoms with Gasteiger partial charge in [0.15, 0.2) is 0 Å². The van der Waals surface area contributed by atoms with E-state index in [0.29, 0.717) is 6.54 Å². The Kier molecular flexibility index (Phi) is 4.50. The van der Waals surface area contributed by atoms with E-state index in [1.807, 2.05) is 36.1 Å². The first-order valence-electron chi connectivity index (χ1n) is 7.91. The maximum Gasteiger partial charge on any atom is 0.219 e. The summed E-state index contributed by atoms with van der Waals surface area (Å²) in [6, 6.07) is 7.61. The number of piperidine rings is 1. The van der Waals surface area contributed by atoms with Crippen molar-refractivity contribution < 1.29 is 4.79 Å². The average molecular weight is 311 g/mol.